The van der Waals surface area contributed by atoms with Crippen LogP contribution in [0.3, 0.4) is 0 Å². The highest BCUT2D eigenvalue weighted by Gasteiger charge is 2.22. The van der Waals surface area contributed by atoms with E-state index in [2.05, 4.69) is 18.7 Å². The highest BCUT2D eigenvalue weighted by molar-refractivity contribution is 7.71. The van der Waals surface area contributed by atoms with E-state index < -0.39 is 0 Å². The second-order valence-electron chi connectivity index (χ2n) is 4.85. The predicted octanol–water partition coefficient (Wildman–Crippen LogP) is 2.20. The maximum Gasteiger partial charge on any atom is 0.224 e. The van der Waals surface area contributed by atoms with Gasteiger partial charge in [0.05, 0.1) is 5.69 Å². The Balaban J connectivity index is 2.84. The maximum absolute atomic E-state index is 11.6. The van der Waals surface area contributed by atoms with Crippen LogP contribution in [0.1, 0.15) is 20.3 Å². The van der Waals surface area contributed by atoms with Crippen molar-refractivity contribution in [2.75, 3.05) is 37.5 Å². The fraction of sp³-hybridized carbons (Fsp3) is 0.667. The molecule has 0 bridgehead atoms. The van der Waals surface area contributed by atoms with E-state index in [1.807, 2.05) is 26.0 Å². The second kappa shape index (κ2) is 4.95. The monoisotopic (exact) mass is 240 g/mol. The van der Waals surface area contributed by atoms with Crippen LogP contribution in [0.15, 0.2) is 4.79 Å². The molecule has 1 aromatic carbocycles. The Morgan fingerprint density at radius 1 is 1.19 bits per heavy atom. The number of rotatable bonds is 5. The molecule has 0 saturated carbocycles. The minimum Gasteiger partial charge on any atom is -0.373 e. The van der Waals surface area contributed by atoms with Crippen LogP contribution < -0.4 is 15.2 Å². The smallest absolute Gasteiger partial charge is 0.224 e. The molecule has 0 fully saturated rings. The molecule has 0 atom stereocenters. The zero-order chi connectivity index (χ0) is 12.5. The first-order valence-corrected chi connectivity index (χ1v) is 5.98. The van der Waals surface area contributed by atoms with Gasteiger partial charge in [0.2, 0.25) is 5.43 Å². The molecule has 0 aliphatic carbocycles. The molecule has 0 spiro atoms. The number of anilines is 2. The zero-order valence-corrected chi connectivity index (χ0v) is 11.5. The van der Waals surface area contributed by atoms with Crippen molar-refractivity contribution >= 4 is 23.6 Å². The molecule has 0 saturated heterocycles. The molecule has 0 N–H and O–H groups in total. The molecule has 0 aromatic heterocycles. The Hall–Kier alpha value is -0.900. The molecule has 0 heterocycles. The van der Waals surface area contributed by atoms with Crippen LogP contribution in [0, 0.1) is 10.4 Å². The second-order valence-corrected chi connectivity index (χ2v) is 5.26. The third-order valence-electron chi connectivity index (χ3n) is 2.73. The van der Waals surface area contributed by atoms with E-state index in [0.717, 1.165) is 24.3 Å². The van der Waals surface area contributed by atoms with Crippen LogP contribution in [0.4, 0.5) is 11.4 Å². The fourth-order valence-electron chi connectivity index (χ4n) is 1.70. The first-order chi connectivity index (χ1) is 7.36. The van der Waals surface area contributed by atoms with Crippen molar-refractivity contribution in [1.82, 2.24) is 0 Å². The third-order valence-corrected chi connectivity index (χ3v) is 3.11. The van der Waals surface area contributed by atoms with Gasteiger partial charge in [-0.2, -0.15) is 0 Å². The Labute approximate surface area is 102 Å². The quantitative estimate of drug-likeness (QED) is 0.736. The van der Waals surface area contributed by atoms with Gasteiger partial charge >= 0.3 is 0 Å². The largest absolute Gasteiger partial charge is 0.373 e. The molecule has 0 aliphatic heterocycles. The van der Waals surface area contributed by atoms with Gasteiger partial charge in [-0.05, 0) is 12.3 Å². The van der Waals surface area contributed by atoms with Crippen LogP contribution in [-0.4, -0.2) is 27.7 Å². The first-order valence-electron chi connectivity index (χ1n) is 5.58. The Kier molecular flexibility index (Phi) is 4.08. The summed E-state index contributed by atoms with van der Waals surface area (Å²) in [5.74, 6) is 0.662. The zero-order valence-electron chi connectivity index (χ0n) is 10.7. The van der Waals surface area contributed by atoms with Gasteiger partial charge in [0.1, 0.15) is 10.2 Å². The molecule has 3 nitrogen and oxygen atoms in total. The van der Waals surface area contributed by atoms with Gasteiger partial charge in [0.25, 0.3) is 0 Å². The Bertz CT molecular complexity index is 430. The minimum atomic E-state index is 0.00592. The fourth-order valence-corrected chi connectivity index (χ4v) is 2.05. The lowest BCUT2D eigenvalue weighted by Gasteiger charge is -2.28. The average molecular weight is 240 g/mol. The van der Waals surface area contributed by atoms with Crippen LogP contribution in [0.5, 0.6) is 0 Å². The summed E-state index contributed by atoms with van der Waals surface area (Å²) in [6, 6.07) is 0. The lowest BCUT2D eigenvalue weighted by molar-refractivity contribution is 0.584. The van der Waals surface area contributed by atoms with Crippen molar-refractivity contribution in [3.8, 4) is 0 Å². The number of hydrogen-bond acceptors (Lipinski definition) is 4. The highest BCUT2D eigenvalue weighted by atomic mass is 32.1. The van der Waals surface area contributed by atoms with Crippen molar-refractivity contribution in [3.63, 3.8) is 0 Å². The summed E-state index contributed by atoms with van der Waals surface area (Å²) < 4.78 is 0.481. The molecule has 16 heavy (non-hydrogen) atoms. The SMILES string of the molecule is CC(C)CCN(C)c1c(N(C)C)c(=O)c1=S. The van der Waals surface area contributed by atoms with Crippen molar-refractivity contribution in [3.05, 3.63) is 14.7 Å². The van der Waals surface area contributed by atoms with E-state index >= 15 is 0 Å². The summed E-state index contributed by atoms with van der Waals surface area (Å²) >= 11 is 5.10. The van der Waals surface area contributed by atoms with Gasteiger partial charge in [0, 0.05) is 27.7 Å². The van der Waals surface area contributed by atoms with E-state index in [4.69, 9.17) is 12.2 Å². The first kappa shape index (κ1) is 13.2. The van der Waals surface area contributed by atoms with Crippen molar-refractivity contribution < 1.29 is 0 Å². The predicted molar refractivity (Wildman–Crippen MR) is 73.0 cm³/mol. The molecule has 4 heteroatoms. The van der Waals surface area contributed by atoms with Crippen LogP contribution in [0.2, 0.25) is 0 Å². The Morgan fingerprint density at radius 3 is 2.19 bits per heavy atom. The summed E-state index contributed by atoms with van der Waals surface area (Å²) in [6.45, 7) is 5.33. The summed E-state index contributed by atoms with van der Waals surface area (Å²) in [5.41, 5.74) is 1.69. The van der Waals surface area contributed by atoms with E-state index in [1.165, 1.54) is 0 Å². The average Bonchev–Trinajstić information content (AvgIpc) is 2.20. The molecule has 0 unspecified atom stereocenters. The topological polar surface area (TPSA) is 23.6 Å². The maximum atomic E-state index is 11.6. The summed E-state index contributed by atoms with van der Waals surface area (Å²) in [4.78, 5) is 15.5. The van der Waals surface area contributed by atoms with Crippen LogP contribution in [0.25, 0.3) is 0 Å². The number of hydrogen-bond donors (Lipinski definition) is 0. The highest BCUT2D eigenvalue weighted by Crippen LogP contribution is 2.29. The van der Waals surface area contributed by atoms with E-state index in [0.29, 0.717) is 10.4 Å². The molecule has 1 aromatic rings. The van der Waals surface area contributed by atoms with Gasteiger partial charge in [-0.25, -0.2) is 0 Å². The van der Waals surface area contributed by atoms with Crippen LogP contribution in [-0.2, 0) is 0 Å². The van der Waals surface area contributed by atoms with Gasteiger partial charge in [-0.3, -0.25) is 4.79 Å². The Morgan fingerprint density at radius 2 is 1.75 bits per heavy atom. The van der Waals surface area contributed by atoms with Crippen molar-refractivity contribution in [2.45, 2.75) is 20.3 Å². The molecule has 0 aliphatic rings. The lowest BCUT2D eigenvalue weighted by Crippen LogP contribution is -2.32. The minimum absolute atomic E-state index is 0.00592. The summed E-state index contributed by atoms with van der Waals surface area (Å²) in [7, 11) is 5.76. The molecular weight excluding hydrogens is 220 g/mol. The molecule has 0 radical (unpaired) electrons. The molecular formula is C12H20N2OS. The van der Waals surface area contributed by atoms with E-state index in [9.17, 15) is 4.79 Å². The van der Waals surface area contributed by atoms with Crippen molar-refractivity contribution in [1.29, 1.82) is 0 Å². The van der Waals surface area contributed by atoms with Gasteiger partial charge in [0.15, 0.2) is 0 Å². The molecule has 90 valence electrons. The van der Waals surface area contributed by atoms with Crippen LogP contribution >= 0.6 is 12.2 Å². The van der Waals surface area contributed by atoms with E-state index in [-0.39, 0.29) is 5.43 Å². The normalized spacial score (nSPS) is 11.1. The standard InChI is InChI=1S/C12H20N2OS/c1-8(2)6-7-14(5)10-9(13(3)4)11(15)12(10)16/h8H,6-7H2,1-5H3. The number of nitrogens with zero attached hydrogens (tertiary/aromatic N) is 2. The van der Waals surface area contributed by atoms with Gasteiger partial charge < -0.3 is 9.80 Å². The summed E-state index contributed by atoms with van der Waals surface area (Å²) in [6.07, 6.45) is 1.11. The molecule has 1 rings (SSSR count). The summed E-state index contributed by atoms with van der Waals surface area (Å²) in [5, 5.41) is 0. The van der Waals surface area contributed by atoms with Gasteiger partial charge in [-0.15, -0.1) is 0 Å². The van der Waals surface area contributed by atoms with Gasteiger partial charge in [-0.1, -0.05) is 26.1 Å². The lowest BCUT2D eigenvalue weighted by atomic mass is 10.1. The third kappa shape index (κ3) is 2.43. The van der Waals surface area contributed by atoms with Crippen molar-refractivity contribution in [2.24, 2.45) is 5.92 Å². The van der Waals surface area contributed by atoms with E-state index in [1.54, 1.807) is 0 Å². The molecule has 0 amide bonds.